The number of hydrogen-bond acceptors (Lipinski definition) is 5. The van der Waals surface area contributed by atoms with Gasteiger partial charge in [0, 0.05) is 31.9 Å². The molecular formula is C13H14N4O2. The van der Waals surface area contributed by atoms with Crippen LogP contribution in [0, 0.1) is 0 Å². The fourth-order valence-corrected chi connectivity index (χ4v) is 1.59. The molecule has 0 aliphatic carbocycles. The average Bonchev–Trinajstić information content (AvgIpc) is 2.46. The summed E-state index contributed by atoms with van der Waals surface area (Å²) in [5.74, 6) is -0.539. The largest absolute Gasteiger partial charge is 0.476 e. The lowest BCUT2D eigenvalue weighted by molar-refractivity contribution is 0.0690. The van der Waals surface area contributed by atoms with Gasteiger partial charge in [-0.3, -0.25) is 9.97 Å². The number of likely N-dealkylation sites (N-methyl/N-ethyl adjacent to an activating group) is 1. The summed E-state index contributed by atoms with van der Waals surface area (Å²) in [6.07, 6.45) is 5.29. The van der Waals surface area contributed by atoms with Crippen LogP contribution in [-0.2, 0) is 6.42 Å². The SMILES string of the molecule is CN(CCc1ccccn1)c1cncc(C(=O)O)n1. The zero-order valence-electron chi connectivity index (χ0n) is 10.5. The molecule has 19 heavy (non-hydrogen) atoms. The first-order chi connectivity index (χ1) is 9.16. The predicted octanol–water partition coefficient (Wildman–Crippen LogP) is 1.25. The van der Waals surface area contributed by atoms with E-state index in [9.17, 15) is 4.79 Å². The molecule has 0 aliphatic heterocycles. The van der Waals surface area contributed by atoms with Crippen molar-refractivity contribution in [3.8, 4) is 0 Å². The Morgan fingerprint density at radius 3 is 2.89 bits per heavy atom. The van der Waals surface area contributed by atoms with E-state index in [4.69, 9.17) is 5.11 Å². The molecule has 6 heteroatoms. The molecular weight excluding hydrogens is 244 g/mol. The lowest BCUT2D eigenvalue weighted by Gasteiger charge is -2.17. The van der Waals surface area contributed by atoms with Crippen LogP contribution in [0.15, 0.2) is 36.8 Å². The van der Waals surface area contributed by atoms with Crippen LogP contribution in [-0.4, -0.2) is 39.6 Å². The molecule has 0 saturated carbocycles. The summed E-state index contributed by atoms with van der Waals surface area (Å²) in [7, 11) is 1.85. The van der Waals surface area contributed by atoms with Crippen molar-refractivity contribution in [2.24, 2.45) is 0 Å². The molecule has 0 atom stereocenters. The Labute approximate surface area is 110 Å². The van der Waals surface area contributed by atoms with E-state index in [1.54, 1.807) is 12.4 Å². The number of carboxylic acids is 1. The van der Waals surface area contributed by atoms with Gasteiger partial charge in [-0.05, 0) is 12.1 Å². The minimum absolute atomic E-state index is 0.0535. The Morgan fingerprint density at radius 2 is 2.21 bits per heavy atom. The minimum atomic E-state index is -1.08. The van der Waals surface area contributed by atoms with Gasteiger partial charge in [0.15, 0.2) is 5.69 Å². The van der Waals surface area contributed by atoms with Gasteiger partial charge in [0.05, 0.1) is 12.4 Å². The summed E-state index contributed by atoms with van der Waals surface area (Å²) in [4.78, 5) is 24.8. The van der Waals surface area contributed by atoms with E-state index in [-0.39, 0.29) is 5.69 Å². The van der Waals surface area contributed by atoms with Crippen molar-refractivity contribution >= 4 is 11.8 Å². The molecule has 1 N–H and O–H groups in total. The number of pyridine rings is 1. The molecule has 6 nitrogen and oxygen atoms in total. The number of rotatable bonds is 5. The second kappa shape index (κ2) is 5.90. The predicted molar refractivity (Wildman–Crippen MR) is 70.2 cm³/mol. The number of aromatic nitrogens is 3. The molecule has 2 aromatic rings. The van der Waals surface area contributed by atoms with Gasteiger partial charge < -0.3 is 10.0 Å². The number of nitrogens with zero attached hydrogens (tertiary/aromatic N) is 4. The Bertz CT molecular complexity index is 560. The standard InChI is InChI=1S/C13H14N4O2/c1-17(7-5-10-4-2-3-6-15-10)12-9-14-8-11(16-12)13(18)19/h2-4,6,8-9H,5,7H2,1H3,(H,18,19). The van der Waals surface area contributed by atoms with Crippen molar-refractivity contribution in [3.05, 3.63) is 48.2 Å². The molecule has 0 fully saturated rings. The third-order valence-corrected chi connectivity index (χ3v) is 2.66. The first kappa shape index (κ1) is 12.9. The molecule has 0 unspecified atom stereocenters. The van der Waals surface area contributed by atoms with Gasteiger partial charge in [0.1, 0.15) is 5.82 Å². The van der Waals surface area contributed by atoms with E-state index >= 15 is 0 Å². The normalized spacial score (nSPS) is 10.2. The summed E-state index contributed by atoms with van der Waals surface area (Å²) in [6.45, 7) is 0.689. The van der Waals surface area contributed by atoms with E-state index in [2.05, 4.69) is 15.0 Å². The van der Waals surface area contributed by atoms with Crippen molar-refractivity contribution in [1.29, 1.82) is 0 Å². The van der Waals surface area contributed by atoms with Gasteiger partial charge in [-0.1, -0.05) is 6.07 Å². The molecule has 0 aromatic carbocycles. The molecule has 98 valence electrons. The van der Waals surface area contributed by atoms with E-state index in [0.29, 0.717) is 12.4 Å². The number of carboxylic acid groups (broad SMARTS) is 1. The molecule has 0 aliphatic rings. The van der Waals surface area contributed by atoms with Crippen LogP contribution in [0.25, 0.3) is 0 Å². The van der Waals surface area contributed by atoms with Crippen LogP contribution in [0.2, 0.25) is 0 Å². The second-order valence-electron chi connectivity index (χ2n) is 4.06. The third-order valence-electron chi connectivity index (χ3n) is 2.66. The average molecular weight is 258 g/mol. The number of aromatic carboxylic acids is 1. The minimum Gasteiger partial charge on any atom is -0.476 e. The van der Waals surface area contributed by atoms with Crippen molar-refractivity contribution in [3.63, 3.8) is 0 Å². The van der Waals surface area contributed by atoms with Gasteiger partial charge in [-0.2, -0.15) is 0 Å². The van der Waals surface area contributed by atoms with Crippen molar-refractivity contribution < 1.29 is 9.90 Å². The molecule has 2 rings (SSSR count). The maximum absolute atomic E-state index is 10.8. The van der Waals surface area contributed by atoms with Gasteiger partial charge in [-0.25, -0.2) is 9.78 Å². The number of carbonyl (C=O) groups is 1. The van der Waals surface area contributed by atoms with Crippen molar-refractivity contribution in [2.45, 2.75) is 6.42 Å². The zero-order chi connectivity index (χ0) is 13.7. The van der Waals surface area contributed by atoms with E-state index in [0.717, 1.165) is 12.1 Å². The quantitative estimate of drug-likeness (QED) is 0.869. The van der Waals surface area contributed by atoms with Crippen molar-refractivity contribution in [2.75, 3.05) is 18.5 Å². The van der Waals surface area contributed by atoms with Crippen LogP contribution in [0.3, 0.4) is 0 Å². The monoisotopic (exact) mass is 258 g/mol. The summed E-state index contributed by atoms with van der Waals surface area (Å²) < 4.78 is 0. The lowest BCUT2D eigenvalue weighted by Crippen LogP contribution is -2.22. The van der Waals surface area contributed by atoms with Crippen molar-refractivity contribution in [1.82, 2.24) is 15.0 Å². The van der Waals surface area contributed by atoms with Gasteiger partial charge in [0.2, 0.25) is 0 Å². The fraction of sp³-hybridized carbons (Fsp3) is 0.231. The lowest BCUT2D eigenvalue weighted by atomic mass is 10.2. The maximum Gasteiger partial charge on any atom is 0.356 e. The third kappa shape index (κ3) is 3.48. The van der Waals surface area contributed by atoms with E-state index < -0.39 is 5.97 Å². The Kier molecular flexibility index (Phi) is 4.02. The fourth-order valence-electron chi connectivity index (χ4n) is 1.59. The molecule has 0 spiro atoms. The second-order valence-corrected chi connectivity index (χ2v) is 4.06. The summed E-state index contributed by atoms with van der Waals surface area (Å²) in [6, 6.07) is 5.76. The highest BCUT2D eigenvalue weighted by Crippen LogP contribution is 2.08. The molecule has 0 saturated heterocycles. The topological polar surface area (TPSA) is 79.2 Å². The molecule has 0 amide bonds. The smallest absolute Gasteiger partial charge is 0.356 e. The zero-order valence-corrected chi connectivity index (χ0v) is 10.5. The number of anilines is 1. The molecule has 0 radical (unpaired) electrons. The molecule has 2 heterocycles. The van der Waals surface area contributed by atoms with Crippen LogP contribution in [0.5, 0.6) is 0 Å². The Hall–Kier alpha value is -2.50. The summed E-state index contributed by atoms with van der Waals surface area (Å²) >= 11 is 0. The highest BCUT2D eigenvalue weighted by atomic mass is 16.4. The first-order valence-electron chi connectivity index (χ1n) is 5.83. The highest BCUT2D eigenvalue weighted by Gasteiger charge is 2.09. The summed E-state index contributed by atoms with van der Waals surface area (Å²) in [5, 5.41) is 8.87. The number of hydrogen-bond donors (Lipinski definition) is 1. The maximum atomic E-state index is 10.8. The van der Waals surface area contributed by atoms with Crippen LogP contribution < -0.4 is 4.90 Å². The molecule has 0 bridgehead atoms. The van der Waals surface area contributed by atoms with Gasteiger partial charge in [-0.15, -0.1) is 0 Å². The molecule has 2 aromatic heterocycles. The van der Waals surface area contributed by atoms with Gasteiger partial charge in [0.25, 0.3) is 0 Å². The Morgan fingerprint density at radius 1 is 1.37 bits per heavy atom. The highest BCUT2D eigenvalue weighted by molar-refractivity contribution is 5.85. The Balaban J connectivity index is 2.02. The van der Waals surface area contributed by atoms with Gasteiger partial charge >= 0.3 is 5.97 Å². The van der Waals surface area contributed by atoms with Crippen LogP contribution in [0.1, 0.15) is 16.2 Å². The van der Waals surface area contributed by atoms with Crippen LogP contribution in [0.4, 0.5) is 5.82 Å². The first-order valence-corrected chi connectivity index (χ1v) is 5.83. The van der Waals surface area contributed by atoms with E-state index in [1.165, 1.54) is 6.20 Å². The van der Waals surface area contributed by atoms with Crippen LogP contribution >= 0.6 is 0 Å². The van der Waals surface area contributed by atoms with E-state index in [1.807, 2.05) is 30.1 Å². The summed E-state index contributed by atoms with van der Waals surface area (Å²) in [5.41, 5.74) is 0.930.